The van der Waals surface area contributed by atoms with Gasteiger partial charge in [0.1, 0.15) is 5.82 Å². The number of esters is 1. The molecule has 1 heterocycles. The van der Waals surface area contributed by atoms with E-state index in [-0.39, 0.29) is 29.1 Å². The first-order valence-electron chi connectivity index (χ1n) is 8.65. The molecule has 2 fully saturated rings. The van der Waals surface area contributed by atoms with E-state index in [2.05, 4.69) is 5.32 Å². The number of amides is 2. The Morgan fingerprint density at radius 3 is 2.77 bits per heavy atom. The van der Waals surface area contributed by atoms with Crippen LogP contribution in [-0.2, 0) is 19.1 Å². The largest absolute Gasteiger partial charge is 0.455 e. The highest BCUT2D eigenvalue weighted by Gasteiger charge is 2.39. The first-order chi connectivity index (χ1) is 12.4. The lowest BCUT2D eigenvalue weighted by molar-refractivity contribution is -0.151. The molecule has 2 aliphatic rings. The summed E-state index contributed by atoms with van der Waals surface area (Å²) < 4.78 is 18.6. The van der Waals surface area contributed by atoms with E-state index in [1.165, 1.54) is 12.1 Å². The quantitative estimate of drug-likeness (QED) is 0.794. The van der Waals surface area contributed by atoms with Gasteiger partial charge < -0.3 is 15.0 Å². The van der Waals surface area contributed by atoms with Crippen LogP contribution in [0.4, 0.5) is 10.1 Å². The molecule has 0 spiro atoms. The Morgan fingerprint density at radius 1 is 1.31 bits per heavy atom. The first kappa shape index (κ1) is 18.6. The number of carbonyl (C=O) groups excluding carboxylic acids is 3. The van der Waals surface area contributed by atoms with Crippen molar-refractivity contribution in [3.8, 4) is 0 Å². The molecule has 0 aromatic heterocycles. The molecule has 1 aromatic carbocycles. The van der Waals surface area contributed by atoms with Crippen molar-refractivity contribution in [3.05, 3.63) is 29.0 Å². The van der Waals surface area contributed by atoms with Crippen LogP contribution in [-0.4, -0.2) is 41.9 Å². The van der Waals surface area contributed by atoms with Crippen molar-refractivity contribution in [1.82, 2.24) is 4.90 Å². The number of hydrogen-bond acceptors (Lipinski definition) is 4. The second-order valence-electron chi connectivity index (χ2n) is 6.67. The van der Waals surface area contributed by atoms with Crippen molar-refractivity contribution >= 4 is 35.1 Å². The Hall–Kier alpha value is -2.15. The van der Waals surface area contributed by atoms with Crippen molar-refractivity contribution in [2.75, 3.05) is 18.5 Å². The molecule has 1 saturated heterocycles. The monoisotopic (exact) mass is 382 g/mol. The lowest BCUT2D eigenvalue weighted by Crippen LogP contribution is -2.35. The minimum atomic E-state index is -0.670. The average molecular weight is 383 g/mol. The summed E-state index contributed by atoms with van der Waals surface area (Å²) in [6.45, 7) is -0.203. The fourth-order valence-electron chi connectivity index (χ4n) is 3.49. The van der Waals surface area contributed by atoms with Crippen LogP contribution in [0.15, 0.2) is 18.2 Å². The summed E-state index contributed by atoms with van der Waals surface area (Å²) in [5, 5.41) is 2.58. The predicted octanol–water partition coefficient (Wildman–Crippen LogP) is 2.75. The van der Waals surface area contributed by atoms with Gasteiger partial charge in [0.2, 0.25) is 5.91 Å². The van der Waals surface area contributed by atoms with Crippen molar-refractivity contribution in [3.63, 3.8) is 0 Å². The molecule has 1 aromatic rings. The molecule has 140 valence electrons. The van der Waals surface area contributed by atoms with E-state index < -0.39 is 30.2 Å². The van der Waals surface area contributed by atoms with Gasteiger partial charge in [0.25, 0.3) is 5.91 Å². The molecule has 1 aliphatic heterocycles. The maximum absolute atomic E-state index is 13.6. The Kier molecular flexibility index (Phi) is 5.76. The van der Waals surface area contributed by atoms with E-state index in [1.54, 1.807) is 4.90 Å². The van der Waals surface area contributed by atoms with Gasteiger partial charge in [-0.25, -0.2) is 4.39 Å². The van der Waals surface area contributed by atoms with Crippen LogP contribution in [0.25, 0.3) is 0 Å². The molecule has 1 aliphatic carbocycles. The van der Waals surface area contributed by atoms with Crippen molar-refractivity contribution in [1.29, 1.82) is 0 Å². The predicted molar refractivity (Wildman–Crippen MR) is 93.1 cm³/mol. The minimum absolute atomic E-state index is 0.0377. The third-order valence-electron chi connectivity index (χ3n) is 4.81. The first-order valence-corrected chi connectivity index (χ1v) is 9.03. The number of benzene rings is 1. The lowest BCUT2D eigenvalue weighted by Gasteiger charge is -2.23. The van der Waals surface area contributed by atoms with E-state index in [4.69, 9.17) is 16.3 Å². The average Bonchev–Trinajstić information content (AvgIpc) is 3.25. The number of likely N-dealkylation sites (tertiary alicyclic amines) is 1. The maximum Gasteiger partial charge on any atom is 0.311 e. The van der Waals surface area contributed by atoms with Gasteiger partial charge in [-0.3, -0.25) is 14.4 Å². The summed E-state index contributed by atoms with van der Waals surface area (Å²) in [7, 11) is 0. The zero-order chi connectivity index (χ0) is 18.7. The second-order valence-corrected chi connectivity index (χ2v) is 7.10. The molecule has 8 heteroatoms. The summed E-state index contributed by atoms with van der Waals surface area (Å²) in [5.74, 6) is -2.48. The van der Waals surface area contributed by atoms with Gasteiger partial charge in [0, 0.05) is 24.0 Å². The number of nitrogens with zero attached hydrogens (tertiary/aromatic N) is 1. The molecule has 0 radical (unpaired) electrons. The van der Waals surface area contributed by atoms with Crippen LogP contribution in [0.2, 0.25) is 5.02 Å². The molecule has 2 amide bonds. The molecule has 6 nitrogen and oxygen atoms in total. The molecular formula is C18H20ClFN2O4. The highest BCUT2D eigenvalue weighted by Crippen LogP contribution is 2.29. The van der Waals surface area contributed by atoms with E-state index in [1.807, 2.05) is 0 Å². The van der Waals surface area contributed by atoms with Crippen LogP contribution in [0, 0.1) is 11.7 Å². The summed E-state index contributed by atoms with van der Waals surface area (Å²) >= 11 is 5.76. The Morgan fingerprint density at radius 2 is 2.04 bits per heavy atom. The van der Waals surface area contributed by atoms with E-state index in [0.29, 0.717) is 6.54 Å². The van der Waals surface area contributed by atoms with Crippen LogP contribution in [0.3, 0.4) is 0 Å². The van der Waals surface area contributed by atoms with Gasteiger partial charge in [-0.15, -0.1) is 0 Å². The molecule has 3 rings (SSSR count). The number of halogens is 2. The molecule has 0 unspecified atom stereocenters. The molecule has 1 N–H and O–H groups in total. The van der Waals surface area contributed by atoms with Gasteiger partial charge in [-0.1, -0.05) is 24.4 Å². The molecule has 26 heavy (non-hydrogen) atoms. The number of carbonyl (C=O) groups is 3. The number of ether oxygens (including phenoxy) is 1. The van der Waals surface area contributed by atoms with Gasteiger partial charge in [-0.05, 0) is 31.0 Å². The summed E-state index contributed by atoms with van der Waals surface area (Å²) in [6, 6.07) is 3.98. The van der Waals surface area contributed by atoms with Crippen molar-refractivity contribution in [2.24, 2.45) is 5.92 Å². The van der Waals surface area contributed by atoms with E-state index in [0.717, 1.165) is 31.7 Å². The van der Waals surface area contributed by atoms with Crippen LogP contribution in [0.5, 0.6) is 0 Å². The molecule has 1 saturated carbocycles. The summed E-state index contributed by atoms with van der Waals surface area (Å²) in [4.78, 5) is 37.9. The maximum atomic E-state index is 13.6. The van der Waals surface area contributed by atoms with Crippen LogP contribution < -0.4 is 5.32 Å². The van der Waals surface area contributed by atoms with Crippen LogP contribution >= 0.6 is 11.6 Å². The number of anilines is 1. The van der Waals surface area contributed by atoms with Gasteiger partial charge >= 0.3 is 5.97 Å². The summed E-state index contributed by atoms with van der Waals surface area (Å²) in [6.07, 6.45) is 4.26. The second kappa shape index (κ2) is 8.03. The fraction of sp³-hybridized carbons (Fsp3) is 0.500. The smallest absolute Gasteiger partial charge is 0.311 e. The minimum Gasteiger partial charge on any atom is -0.455 e. The van der Waals surface area contributed by atoms with Crippen molar-refractivity contribution in [2.45, 2.75) is 38.1 Å². The zero-order valence-corrected chi connectivity index (χ0v) is 14.9. The summed E-state index contributed by atoms with van der Waals surface area (Å²) in [5.41, 5.74) is -0.0815. The highest BCUT2D eigenvalue weighted by molar-refractivity contribution is 6.30. The van der Waals surface area contributed by atoms with Gasteiger partial charge in [0.15, 0.2) is 6.61 Å². The number of hydrogen-bond donors (Lipinski definition) is 1. The van der Waals surface area contributed by atoms with Crippen LogP contribution in [0.1, 0.15) is 32.1 Å². The third-order valence-corrected chi connectivity index (χ3v) is 5.04. The zero-order valence-electron chi connectivity index (χ0n) is 14.2. The van der Waals surface area contributed by atoms with Gasteiger partial charge in [-0.2, -0.15) is 0 Å². The van der Waals surface area contributed by atoms with Crippen molar-refractivity contribution < 1.29 is 23.5 Å². The Balaban J connectivity index is 1.48. The number of rotatable bonds is 5. The fourth-order valence-corrected chi connectivity index (χ4v) is 3.66. The molecule has 1 atom stereocenters. The van der Waals surface area contributed by atoms with E-state index in [9.17, 15) is 18.8 Å². The topological polar surface area (TPSA) is 75.7 Å². The molecule has 0 bridgehead atoms. The normalized spacial score (nSPS) is 20.5. The standard InChI is InChI=1S/C18H20ClFN2O4/c19-12-5-6-14(20)15(8-12)21-16(23)10-26-18(25)11-7-17(24)22(9-11)13-3-1-2-4-13/h5-6,8,11,13H,1-4,7,9-10H2,(H,21,23)/t11-/m0/s1. The number of nitrogens with one attached hydrogen (secondary N) is 1. The lowest BCUT2D eigenvalue weighted by atomic mass is 10.1. The third kappa shape index (κ3) is 4.33. The van der Waals surface area contributed by atoms with E-state index >= 15 is 0 Å². The van der Waals surface area contributed by atoms with Gasteiger partial charge in [0.05, 0.1) is 11.6 Å². The Bertz CT molecular complexity index is 721. The molecular weight excluding hydrogens is 363 g/mol. The highest BCUT2D eigenvalue weighted by atomic mass is 35.5. The Labute approximate surface area is 155 Å². The SMILES string of the molecule is O=C(COC(=O)[C@H]1CC(=O)N(C2CCCC2)C1)Nc1cc(Cl)ccc1F.